The van der Waals surface area contributed by atoms with Crippen molar-refractivity contribution in [3.05, 3.63) is 144 Å². The third kappa shape index (κ3) is 6.99. The number of aromatic nitrogens is 4. The average Bonchev–Trinajstić information content (AvgIpc) is 3.83. The number of nitrogens with two attached hydrogens (primary N) is 1. The third-order valence-electron chi connectivity index (χ3n) is 10.5. The summed E-state index contributed by atoms with van der Waals surface area (Å²) in [5, 5.41) is 12.5. The number of hydrogen-bond donors (Lipinski definition) is 2. The van der Waals surface area contributed by atoms with Crippen LogP contribution in [0.15, 0.2) is 122 Å². The molecule has 288 valence electrons. The summed E-state index contributed by atoms with van der Waals surface area (Å²) in [6.45, 7) is 0.516. The Morgan fingerprint density at radius 2 is 1.46 bits per heavy atom. The summed E-state index contributed by atoms with van der Waals surface area (Å²) in [5.74, 6) is 1.06. The number of carbonyl (C=O) groups excluding carboxylic acids is 1. The first-order valence-electron chi connectivity index (χ1n) is 18.6. The lowest BCUT2D eigenvalue weighted by Gasteiger charge is -2.40. The van der Waals surface area contributed by atoms with Crippen LogP contribution in [-0.2, 0) is 24.5 Å². The molecule has 0 bridgehead atoms. The molecule has 2 aliphatic heterocycles. The maximum absolute atomic E-state index is 15.1. The standard InChI is InChI=1S/C43H43N5O8/c1-51-31-20-16-29(17-21-31)43(28-13-7-4-8-14-28,30-18-22-32(52-2)23-19-30)56-38(35(49)27-11-5-3-6-12-27)37-36(50)39(54-33-15-9-10-24-53-33)42(55-37)48-26-47-34-40(44)45-25-46-41(34)48/h3-8,11-14,16-23,25-26,33,36-39,42,50H,9-10,15,24H2,1-2H3,(H2,44,45,46)/t33?,36-,37+,38?,39-,42-/m1/s1. The largest absolute Gasteiger partial charge is 0.497 e. The summed E-state index contributed by atoms with van der Waals surface area (Å²) in [6, 6.07) is 33.5. The van der Waals surface area contributed by atoms with Gasteiger partial charge in [-0.2, -0.15) is 0 Å². The molecule has 2 saturated heterocycles. The Kier molecular flexibility index (Phi) is 10.8. The van der Waals surface area contributed by atoms with Crippen LogP contribution in [0.2, 0.25) is 0 Å². The highest BCUT2D eigenvalue weighted by atomic mass is 16.7. The molecule has 4 heterocycles. The second-order valence-electron chi connectivity index (χ2n) is 13.7. The minimum Gasteiger partial charge on any atom is -0.497 e. The number of rotatable bonds is 13. The first kappa shape index (κ1) is 37.2. The lowest BCUT2D eigenvalue weighted by molar-refractivity contribution is -0.215. The quantitative estimate of drug-likeness (QED) is 0.107. The predicted octanol–water partition coefficient (Wildman–Crippen LogP) is 5.86. The molecule has 6 aromatic rings. The van der Waals surface area contributed by atoms with Gasteiger partial charge in [0, 0.05) is 12.2 Å². The molecule has 0 radical (unpaired) electrons. The van der Waals surface area contributed by atoms with Gasteiger partial charge >= 0.3 is 0 Å². The molecule has 0 aliphatic carbocycles. The fourth-order valence-electron chi connectivity index (χ4n) is 7.60. The molecule has 2 unspecified atom stereocenters. The Morgan fingerprint density at radius 1 is 0.839 bits per heavy atom. The number of fused-ring (bicyclic) bond motifs is 1. The number of hydrogen-bond acceptors (Lipinski definition) is 12. The van der Waals surface area contributed by atoms with Gasteiger partial charge in [-0.15, -0.1) is 0 Å². The van der Waals surface area contributed by atoms with Crippen LogP contribution in [0.25, 0.3) is 11.2 Å². The van der Waals surface area contributed by atoms with Crippen LogP contribution in [-0.4, -0.2) is 81.9 Å². The minimum absolute atomic E-state index is 0.184. The number of anilines is 1. The van der Waals surface area contributed by atoms with E-state index in [4.69, 9.17) is 34.2 Å². The molecule has 13 heteroatoms. The Morgan fingerprint density at radius 3 is 2.07 bits per heavy atom. The fourth-order valence-corrected chi connectivity index (χ4v) is 7.60. The molecule has 0 amide bonds. The molecule has 4 aromatic carbocycles. The lowest BCUT2D eigenvalue weighted by Crippen LogP contribution is -2.50. The van der Waals surface area contributed by atoms with Crippen molar-refractivity contribution in [3.8, 4) is 11.5 Å². The van der Waals surface area contributed by atoms with E-state index >= 15 is 4.79 Å². The van der Waals surface area contributed by atoms with E-state index in [1.807, 2.05) is 84.9 Å². The lowest BCUT2D eigenvalue weighted by atomic mass is 9.79. The Bertz CT molecular complexity index is 2180. The molecule has 6 atom stereocenters. The monoisotopic (exact) mass is 757 g/mol. The van der Waals surface area contributed by atoms with Gasteiger partial charge in [0.05, 0.1) is 20.5 Å². The van der Waals surface area contributed by atoms with Gasteiger partial charge < -0.3 is 39.3 Å². The molecular formula is C43H43N5O8. The van der Waals surface area contributed by atoms with Crippen LogP contribution in [0.5, 0.6) is 11.5 Å². The van der Waals surface area contributed by atoms with E-state index in [0.717, 1.165) is 18.4 Å². The van der Waals surface area contributed by atoms with E-state index in [1.54, 1.807) is 43.1 Å². The van der Waals surface area contributed by atoms with Gasteiger partial charge in [-0.05, 0) is 60.2 Å². The van der Waals surface area contributed by atoms with Gasteiger partial charge in [0.15, 0.2) is 35.9 Å². The molecule has 0 spiro atoms. The third-order valence-corrected chi connectivity index (χ3v) is 10.5. The number of Topliss-reactive ketones (excluding diaryl/α,β-unsaturated/α-hetero) is 1. The Balaban J connectivity index is 1.31. The number of methoxy groups -OCH3 is 2. The van der Waals surface area contributed by atoms with Crippen molar-refractivity contribution in [2.45, 2.75) is 61.8 Å². The molecule has 2 aliphatic rings. The minimum atomic E-state index is -1.44. The molecule has 0 saturated carbocycles. The number of aliphatic hydroxyl groups excluding tert-OH is 1. The maximum Gasteiger partial charge on any atom is 0.194 e. The van der Waals surface area contributed by atoms with Crippen molar-refractivity contribution in [1.82, 2.24) is 19.5 Å². The molecular weight excluding hydrogens is 714 g/mol. The summed E-state index contributed by atoms with van der Waals surface area (Å²) in [7, 11) is 3.20. The van der Waals surface area contributed by atoms with Crippen LogP contribution in [0.3, 0.4) is 0 Å². The molecule has 13 nitrogen and oxygen atoms in total. The van der Waals surface area contributed by atoms with Crippen LogP contribution < -0.4 is 15.2 Å². The van der Waals surface area contributed by atoms with E-state index in [-0.39, 0.29) is 5.82 Å². The van der Waals surface area contributed by atoms with Crippen molar-refractivity contribution in [2.75, 3.05) is 26.6 Å². The first-order valence-corrected chi connectivity index (χ1v) is 18.6. The van der Waals surface area contributed by atoms with E-state index < -0.39 is 48.3 Å². The van der Waals surface area contributed by atoms with Crippen LogP contribution in [0.1, 0.15) is 52.5 Å². The number of nitrogens with zero attached hydrogens (tertiary/aromatic N) is 4. The highest BCUT2D eigenvalue weighted by Gasteiger charge is 2.55. The number of carbonyl (C=O) groups is 1. The van der Waals surface area contributed by atoms with Gasteiger partial charge in [0.25, 0.3) is 0 Å². The Hall–Kier alpha value is -5.70. The smallest absolute Gasteiger partial charge is 0.194 e. The zero-order valence-electron chi connectivity index (χ0n) is 31.0. The first-order chi connectivity index (χ1) is 27.4. The number of aliphatic hydroxyl groups is 1. The number of nitrogen functional groups attached to an aromatic ring is 1. The maximum atomic E-state index is 15.1. The SMILES string of the molecule is COc1ccc(C(OC(C(=O)c2ccccc2)[C@H]2O[C@@H](n3cnc4c(N)ncnc43)[C@H](OC3CCCCO3)[C@@H]2O)(c2ccccc2)c2ccc(OC)cc2)cc1. The molecule has 56 heavy (non-hydrogen) atoms. The van der Waals surface area contributed by atoms with Crippen LogP contribution in [0.4, 0.5) is 5.82 Å². The molecule has 2 fully saturated rings. The van der Waals surface area contributed by atoms with Gasteiger partial charge in [0.2, 0.25) is 0 Å². The fraction of sp³-hybridized carbons (Fsp3) is 0.302. The number of ketones is 1. The highest BCUT2D eigenvalue weighted by molar-refractivity contribution is 6.00. The topological polar surface area (TPSA) is 162 Å². The number of benzene rings is 4. The zero-order chi connectivity index (χ0) is 38.6. The molecule has 8 rings (SSSR count). The summed E-state index contributed by atoms with van der Waals surface area (Å²) in [4.78, 5) is 28.1. The van der Waals surface area contributed by atoms with E-state index in [1.165, 1.54) is 12.7 Å². The van der Waals surface area contributed by atoms with Crippen LogP contribution in [0, 0.1) is 0 Å². The summed E-state index contributed by atoms with van der Waals surface area (Å²) < 4.78 is 39.6. The van der Waals surface area contributed by atoms with Crippen molar-refractivity contribution in [1.29, 1.82) is 0 Å². The van der Waals surface area contributed by atoms with E-state index in [2.05, 4.69) is 15.0 Å². The molecule has 2 aromatic heterocycles. The van der Waals surface area contributed by atoms with Crippen molar-refractivity contribution < 1.29 is 38.3 Å². The average molecular weight is 758 g/mol. The van der Waals surface area contributed by atoms with Crippen LogP contribution >= 0.6 is 0 Å². The van der Waals surface area contributed by atoms with Gasteiger partial charge in [-0.25, -0.2) is 15.0 Å². The summed E-state index contributed by atoms with van der Waals surface area (Å²) in [5.41, 5.74) is 7.95. The predicted molar refractivity (Wildman–Crippen MR) is 206 cm³/mol. The Labute approximate surface area is 323 Å². The second kappa shape index (κ2) is 16.2. The zero-order valence-corrected chi connectivity index (χ0v) is 31.0. The molecule has 3 N–H and O–H groups in total. The van der Waals surface area contributed by atoms with Crippen molar-refractivity contribution in [2.24, 2.45) is 0 Å². The van der Waals surface area contributed by atoms with Gasteiger partial charge in [0.1, 0.15) is 47.3 Å². The summed E-state index contributed by atoms with van der Waals surface area (Å²) >= 11 is 0. The number of ether oxygens (including phenoxy) is 6. The summed E-state index contributed by atoms with van der Waals surface area (Å²) in [6.07, 6.45) is -1.52. The number of imidazole rings is 1. The second-order valence-corrected chi connectivity index (χ2v) is 13.7. The van der Waals surface area contributed by atoms with Gasteiger partial charge in [-0.3, -0.25) is 9.36 Å². The van der Waals surface area contributed by atoms with Crippen molar-refractivity contribution >= 4 is 22.8 Å². The highest BCUT2D eigenvalue weighted by Crippen LogP contribution is 2.46. The van der Waals surface area contributed by atoms with Gasteiger partial charge in [-0.1, -0.05) is 84.9 Å². The van der Waals surface area contributed by atoms with E-state index in [0.29, 0.717) is 52.4 Å². The van der Waals surface area contributed by atoms with E-state index in [9.17, 15) is 5.11 Å². The normalized spacial score (nSPS) is 21.8. The van der Waals surface area contributed by atoms with Crippen molar-refractivity contribution in [3.63, 3.8) is 0 Å².